The molecule has 0 aliphatic heterocycles. The highest BCUT2D eigenvalue weighted by Gasteiger charge is 1.81. The molecule has 0 bridgehead atoms. The van der Waals surface area contributed by atoms with Crippen LogP contribution in [-0.4, -0.2) is 0 Å². The smallest absolute Gasteiger partial charge is 0.0940 e. The van der Waals surface area contributed by atoms with E-state index in [1.807, 2.05) is 26.0 Å². The Hall–Kier alpha value is -1.03. The lowest BCUT2D eigenvalue weighted by Gasteiger charge is -1.85. The fourth-order valence-corrected chi connectivity index (χ4v) is 0.608. The van der Waals surface area contributed by atoms with Crippen LogP contribution in [0.3, 0.4) is 0 Å². The van der Waals surface area contributed by atoms with Gasteiger partial charge in [0.05, 0.1) is 6.07 Å². The molecule has 0 aromatic rings. The maximum Gasteiger partial charge on any atom is 0.0940 e. The molecule has 0 atom stereocenters. The molecule has 0 rings (SSSR count). The maximum atomic E-state index is 8.35. The summed E-state index contributed by atoms with van der Waals surface area (Å²) in [6, 6.07) is 2.08. The van der Waals surface area contributed by atoms with Crippen molar-refractivity contribution in [2.24, 2.45) is 0 Å². The van der Waals surface area contributed by atoms with E-state index in [1.54, 1.807) is 0 Å². The Kier molecular flexibility index (Phi) is 5.47. The normalized spacial score (nSPS) is 11.9. The lowest BCUT2D eigenvalue weighted by molar-refractivity contribution is 1.04. The van der Waals surface area contributed by atoms with Crippen LogP contribution in [-0.2, 0) is 0 Å². The van der Waals surface area contributed by atoms with Crippen LogP contribution in [0.25, 0.3) is 0 Å². The van der Waals surface area contributed by atoms with Crippen LogP contribution in [0.2, 0.25) is 0 Å². The first-order valence-electron chi connectivity index (χ1n) is 3.49. The van der Waals surface area contributed by atoms with E-state index in [0.717, 1.165) is 18.4 Å². The predicted octanol–water partition coefficient (Wildman–Crippen LogP) is 2.81. The van der Waals surface area contributed by atoms with Gasteiger partial charge in [-0.25, -0.2) is 0 Å². The van der Waals surface area contributed by atoms with E-state index < -0.39 is 0 Å². The molecule has 0 fully saturated rings. The third-order valence-corrected chi connectivity index (χ3v) is 1.20. The monoisotopic (exact) mass is 135 g/mol. The van der Waals surface area contributed by atoms with Crippen molar-refractivity contribution in [3.05, 3.63) is 23.8 Å². The summed E-state index contributed by atoms with van der Waals surface area (Å²) in [7, 11) is 0. The molecule has 10 heavy (non-hydrogen) atoms. The second kappa shape index (κ2) is 6.10. The van der Waals surface area contributed by atoms with E-state index >= 15 is 0 Å². The van der Waals surface area contributed by atoms with Gasteiger partial charge in [-0.05, 0) is 26.7 Å². The topological polar surface area (TPSA) is 23.8 Å². The molecule has 0 aliphatic carbocycles. The van der Waals surface area contributed by atoms with Gasteiger partial charge in [-0.3, -0.25) is 0 Å². The molecule has 0 aromatic heterocycles. The SMILES string of the molecule is CC=CCCC=C(C)C#N. The molecular formula is C9H13N. The number of hydrogen-bond acceptors (Lipinski definition) is 1. The first kappa shape index (κ1) is 8.97. The lowest BCUT2D eigenvalue weighted by Crippen LogP contribution is -1.69. The average Bonchev–Trinajstić information content (AvgIpc) is 1.98. The van der Waals surface area contributed by atoms with E-state index in [-0.39, 0.29) is 0 Å². The van der Waals surface area contributed by atoms with Crippen molar-refractivity contribution in [1.29, 1.82) is 5.26 Å². The number of rotatable bonds is 3. The summed E-state index contributed by atoms with van der Waals surface area (Å²) in [6.45, 7) is 3.83. The third kappa shape index (κ3) is 5.11. The average molecular weight is 135 g/mol. The lowest BCUT2D eigenvalue weighted by atomic mass is 10.2. The number of hydrogen-bond donors (Lipinski definition) is 0. The van der Waals surface area contributed by atoms with Crippen molar-refractivity contribution in [3.8, 4) is 6.07 Å². The zero-order valence-electron chi connectivity index (χ0n) is 6.59. The summed E-state index contributed by atoms with van der Waals surface area (Å²) in [6.07, 6.45) is 8.09. The third-order valence-electron chi connectivity index (χ3n) is 1.20. The summed E-state index contributed by atoms with van der Waals surface area (Å²) in [5, 5.41) is 8.35. The van der Waals surface area contributed by atoms with Crippen molar-refractivity contribution in [3.63, 3.8) is 0 Å². The highest BCUT2D eigenvalue weighted by molar-refractivity contribution is 5.17. The van der Waals surface area contributed by atoms with Crippen LogP contribution in [0.4, 0.5) is 0 Å². The van der Waals surface area contributed by atoms with E-state index in [2.05, 4.69) is 12.1 Å². The minimum absolute atomic E-state index is 0.810. The van der Waals surface area contributed by atoms with E-state index in [0.29, 0.717) is 0 Å². The second-order valence-corrected chi connectivity index (χ2v) is 2.15. The molecule has 0 aromatic carbocycles. The van der Waals surface area contributed by atoms with Gasteiger partial charge in [-0.1, -0.05) is 18.2 Å². The molecule has 54 valence electrons. The Morgan fingerprint density at radius 1 is 1.50 bits per heavy atom. The molecule has 1 heteroatoms. The fourth-order valence-electron chi connectivity index (χ4n) is 0.608. The second-order valence-electron chi connectivity index (χ2n) is 2.15. The van der Waals surface area contributed by atoms with Gasteiger partial charge in [-0.15, -0.1) is 0 Å². The number of unbranched alkanes of at least 4 members (excludes halogenated alkanes) is 1. The summed E-state index contributed by atoms with van der Waals surface area (Å²) >= 11 is 0. The standard InChI is InChI=1S/C9H13N/c1-3-4-5-6-7-9(2)8-10/h3-4,7H,5-6H2,1-2H3. The van der Waals surface area contributed by atoms with Crippen LogP contribution < -0.4 is 0 Å². The summed E-state index contributed by atoms with van der Waals surface area (Å²) in [4.78, 5) is 0. The Labute approximate surface area is 62.7 Å². The van der Waals surface area contributed by atoms with Crippen LogP contribution >= 0.6 is 0 Å². The van der Waals surface area contributed by atoms with Gasteiger partial charge in [0, 0.05) is 5.57 Å². The van der Waals surface area contributed by atoms with Crippen molar-refractivity contribution in [2.75, 3.05) is 0 Å². The Morgan fingerprint density at radius 2 is 2.20 bits per heavy atom. The highest BCUT2D eigenvalue weighted by atomic mass is 14.2. The van der Waals surface area contributed by atoms with Crippen LogP contribution in [0.5, 0.6) is 0 Å². The van der Waals surface area contributed by atoms with E-state index in [4.69, 9.17) is 5.26 Å². The molecule has 0 N–H and O–H groups in total. The highest BCUT2D eigenvalue weighted by Crippen LogP contribution is 1.97. The van der Waals surface area contributed by atoms with Gasteiger partial charge in [0.15, 0.2) is 0 Å². The van der Waals surface area contributed by atoms with Gasteiger partial charge in [-0.2, -0.15) is 5.26 Å². The van der Waals surface area contributed by atoms with Gasteiger partial charge in [0.2, 0.25) is 0 Å². The Morgan fingerprint density at radius 3 is 2.70 bits per heavy atom. The fraction of sp³-hybridized carbons (Fsp3) is 0.444. The Bertz CT molecular complexity index is 170. The van der Waals surface area contributed by atoms with Crippen molar-refractivity contribution in [1.82, 2.24) is 0 Å². The molecule has 0 amide bonds. The molecule has 1 nitrogen and oxygen atoms in total. The van der Waals surface area contributed by atoms with E-state index in [9.17, 15) is 0 Å². The maximum absolute atomic E-state index is 8.35. The van der Waals surface area contributed by atoms with Crippen LogP contribution in [0.15, 0.2) is 23.8 Å². The van der Waals surface area contributed by atoms with Gasteiger partial charge < -0.3 is 0 Å². The molecule has 0 aliphatic rings. The molecule has 0 spiro atoms. The molecular weight excluding hydrogens is 122 g/mol. The van der Waals surface area contributed by atoms with Crippen molar-refractivity contribution >= 4 is 0 Å². The number of nitriles is 1. The van der Waals surface area contributed by atoms with Crippen LogP contribution in [0, 0.1) is 11.3 Å². The quantitative estimate of drug-likeness (QED) is 0.331. The zero-order chi connectivity index (χ0) is 7.82. The summed E-state index contributed by atoms with van der Waals surface area (Å²) < 4.78 is 0. The summed E-state index contributed by atoms with van der Waals surface area (Å²) in [5.41, 5.74) is 0.810. The molecule has 0 saturated heterocycles. The minimum Gasteiger partial charge on any atom is -0.193 e. The Balaban J connectivity index is 3.46. The minimum atomic E-state index is 0.810. The molecule has 0 saturated carbocycles. The van der Waals surface area contributed by atoms with Gasteiger partial charge >= 0.3 is 0 Å². The van der Waals surface area contributed by atoms with Crippen molar-refractivity contribution < 1.29 is 0 Å². The molecule has 0 unspecified atom stereocenters. The summed E-state index contributed by atoms with van der Waals surface area (Å²) in [5.74, 6) is 0. The molecule has 0 heterocycles. The zero-order valence-corrected chi connectivity index (χ0v) is 6.59. The van der Waals surface area contributed by atoms with Crippen molar-refractivity contribution in [2.45, 2.75) is 26.7 Å². The first-order valence-corrected chi connectivity index (χ1v) is 3.49. The predicted molar refractivity (Wildman–Crippen MR) is 43.4 cm³/mol. The molecule has 0 radical (unpaired) electrons. The van der Waals surface area contributed by atoms with Gasteiger partial charge in [0.1, 0.15) is 0 Å². The number of allylic oxidation sites excluding steroid dienone is 4. The van der Waals surface area contributed by atoms with Crippen LogP contribution in [0.1, 0.15) is 26.7 Å². The largest absolute Gasteiger partial charge is 0.193 e. The van der Waals surface area contributed by atoms with Gasteiger partial charge in [0.25, 0.3) is 0 Å². The van der Waals surface area contributed by atoms with E-state index in [1.165, 1.54) is 0 Å². The number of nitrogens with zero attached hydrogens (tertiary/aromatic N) is 1. The first-order chi connectivity index (χ1) is 4.81.